The molecule has 0 unspecified atom stereocenters. The molecule has 1 aliphatic heterocycles. The summed E-state index contributed by atoms with van der Waals surface area (Å²) in [6, 6.07) is 14.5. The Balaban J connectivity index is 1.44. The van der Waals surface area contributed by atoms with Gasteiger partial charge in [0.25, 0.3) is 0 Å². The number of methoxy groups -OCH3 is 1. The maximum absolute atomic E-state index is 10.4. The number of nitrogens with one attached hydrogen (secondary N) is 1. The van der Waals surface area contributed by atoms with Gasteiger partial charge in [0.2, 0.25) is 0 Å². The Morgan fingerprint density at radius 3 is 2.35 bits per heavy atom. The number of aliphatic hydroxyl groups excluding tert-OH is 1. The Labute approximate surface area is 186 Å². The molecule has 0 spiro atoms. The zero-order valence-electron chi connectivity index (χ0n) is 19.1. The lowest BCUT2D eigenvalue weighted by molar-refractivity contribution is 0.0464. The fourth-order valence-corrected chi connectivity index (χ4v) is 3.94. The van der Waals surface area contributed by atoms with Crippen molar-refractivity contribution in [3.8, 4) is 11.5 Å². The van der Waals surface area contributed by atoms with Crippen LogP contribution in [0, 0.1) is 6.92 Å². The summed E-state index contributed by atoms with van der Waals surface area (Å²) in [6.45, 7) is 12.0. The van der Waals surface area contributed by atoms with E-state index in [1.54, 1.807) is 7.11 Å². The van der Waals surface area contributed by atoms with Gasteiger partial charge >= 0.3 is 0 Å². The molecular formula is C25H37N3O3. The van der Waals surface area contributed by atoms with E-state index in [0.29, 0.717) is 18.0 Å². The second-order valence-electron chi connectivity index (χ2n) is 8.28. The lowest BCUT2D eigenvalue weighted by Crippen LogP contribution is -2.49. The molecule has 1 saturated heterocycles. The molecule has 1 heterocycles. The van der Waals surface area contributed by atoms with E-state index in [4.69, 9.17) is 9.47 Å². The van der Waals surface area contributed by atoms with Crippen molar-refractivity contribution in [3.63, 3.8) is 0 Å². The lowest BCUT2D eigenvalue weighted by Gasteiger charge is -2.34. The molecular weight excluding hydrogens is 390 g/mol. The predicted molar refractivity (Wildman–Crippen MR) is 125 cm³/mol. The Morgan fingerprint density at radius 1 is 0.968 bits per heavy atom. The van der Waals surface area contributed by atoms with E-state index < -0.39 is 6.10 Å². The van der Waals surface area contributed by atoms with Crippen molar-refractivity contribution in [1.82, 2.24) is 15.1 Å². The number of hydrogen-bond acceptors (Lipinski definition) is 6. The fraction of sp³-hybridized carbons (Fsp3) is 0.520. The molecule has 0 aliphatic carbocycles. The highest BCUT2D eigenvalue weighted by Gasteiger charge is 2.19. The van der Waals surface area contributed by atoms with E-state index in [9.17, 15) is 5.11 Å². The van der Waals surface area contributed by atoms with Crippen LogP contribution in [0.2, 0.25) is 0 Å². The lowest BCUT2D eigenvalue weighted by atomic mass is 10.1. The molecule has 31 heavy (non-hydrogen) atoms. The Hall–Kier alpha value is -2.12. The fourth-order valence-electron chi connectivity index (χ4n) is 3.94. The smallest absolute Gasteiger partial charge is 0.161 e. The molecule has 1 atom stereocenters. The molecule has 0 radical (unpaired) electrons. The highest BCUT2D eigenvalue weighted by molar-refractivity contribution is 5.43. The van der Waals surface area contributed by atoms with Gasteiger partial charge in [-0.3, -0.25) is 4.90 Å². The minimum atomic E-state index is -0.520. The molecule has 3 rings (SSSR count). The van der Waals surface area contributed by atoms with Crippen LogP contribution in [0.25, 0.3) is 0 Å². The SMILES string of the molecule is CCN1CCN(C[C@@H](O)COc2ccc(CNCc3cccc(C)c3)cc2OC)CC1. The predicted octanol–water partition coefficient (Wildman–Crippen LogP) is 2.67. The van der Waals surface area contributed by atoms with Crippen molar-refractivity contribution < 1.29 is 14.6 Å². The summed E-state index contributed by atoms with van der Waals surface area (Å²) in [6.07, 6.45) is -0.520. The molecule has 0 aromatic heterocycles. The van der Waals surface area contributed by atoms with Crippen LogP contribution in [0.3, 0.4) is 0 Å². The highest BCUT2D eigenvalue weighted by Crippen LogP contribution is 2.28. The third kappa shape index (κ3) is 7.51. The third-order valence-electron chi connectivity index (χ3n) is 5.78. The van der Waals surface area contributed by atoms with Crippen LogP contribution >= 0.6 is 0 Å². The van der Waals surface area contributed by atoms with Crippen molar-refractivity contribution in [2.45, 2.75) is 33.0 Å². The quantitative estimate of drug-likeness (QED) is 0.575. The summed E-state index contributed by atoms with van der Waals surface area (Å²) in [5.41, 5.74) is 3.68. The minimum absolute atomic E-state index is 0.259. The number of hydrogen-bond donors (Lipinski definition) is 2. The maximum Gasteiger partial charge on any atom is 0.161 e. The van der Waals surface area contributed by atoms with E-state index in [2.05, 4.69) is 53.2 Å². The van der Waals surface area contributed by atoms with E-state index in [0.717, 1.165) is 51.4 Å². The average molecular weight is 428 g/mol. The Kier molecular flexibility index (Phi) is 9.15. The number of rotatable bonds is 11. The van der Waals surface area contributed by atoms with E-state index in [1.165, 1.54) is 11.1 Å². The molecule has 2 N–H and O–H groups in total. The first-order chi connectivity index (χ1) is 15.1. The number of benzene rings is 2. The number of aryl methyl sites for hydroxylation is 1. The number of aliphatic hydroxyl groups is 1. The minimum Gasteiger partial charge on any atom is -0.493 e. The normalized spacial score (nSPS) is 16.3. The van der Waals surface area contributed by atoms with Crippen molar-refractivity contribution in [3.05, 3.63) is 59.2 Å². The molecule has 0 saturated carbocycles. The topological polar surface area (TPSA) is 57.2 Å². The number of piperazine rings is 1. The van der Waals surface area contributed by atoms with Crippen LogP contribution < -0.4 is 14.8 Å². The molecule has 2 aromatic carbocycles. The number of likely N-dealkylation sites (N-methyl/N-ethyl adjacent to an activating group) is 1. The monoisotopic (exact) mass is 427 g/mol. The van der Waals surface area contributed by atoms with Crippen molar-refractivity contribution >= 4 is 0 Å². The molecule has 1 fully saturated rings. The van der Waals surface area contributed by atoms with Gasteiger partial charge in [0.15, 0.2) is 11.5 Å². The van der Waals surface area contributed by atoms with E-state index >= 15 is 0 Å². The van der Waals surface area contributed by atoms with Gasteiger partial charge in [-0.05, 0) is 36.7 Å². The molecule has 1 aliphatic rings. The first-order valence-electron chi connectivity index (χ1n) is 11.3. The molecule has 6 nitrogen and oxygen atoms in total. The zero-order chi connectivity index (χ0) is 22.1. The average Bonchev–Trinajstić information content (AvgIpc) is 2.78. The van der Waals surface area contributed by atoms with Gasteiger partial charge in [0.1, 0.15) is 12.7 Å². The standard InChI is InChI=1S/C25H37N3O3/c1-4-27-10-12-28(13-11-27)18-23(29)19-31-24-9-8-22(15-25(24)30-3)17-26-16-21-7-5-6-20(2)14-21/h5-9,14-15,23,26,29H,4,10-13,16-19H2,1-3H3/t23-/m1/s1. The largest absolute Gasteiger partial charge is 0.493 e. The first kappa shape index (κ1) is 23.5. The Bertz CT molecular complexity index is 806. The van der Waals surface area contributed by atoms with Crippen molar-refractivity contribution in [2.75, 3.05) is 53.0 Å². The molecule has 0 bridgehead atoms. The second kappa shape index (κ2) is 12.1. The van der Waals surface area contributed by atoms with Crippen LogP contribution in [0.15, 0.2) is 42.5 Å². The van der Waals surface area contributed by atoms with Crippen molar-refractivity contribution in [1.29, 1.82) is 0 Å². The summed E-state index contributed by atoms with van der Waals surface area (Å²) in [5, 5.41) is 13.9. The first-order valence-corrected chi connectivity index (χ1v) is 11.3. The van der Waals surface area contributed by atoms with Crippen LogP contribution in [0.1, 0.15) is 23.6 Å². The molecule has 0 amide bonds. The van der Waals surface area contributed by atoms with Crippen LogP contribution in [-0.2, 0) is 13.1 Å². The molecule has 2 aromatic rings. The summed E-state index contributed by atoms with van der Waals surface area (Å²) in [7, 11) is 1.65. The highest BCUT2D eigenvalue weighted by atomic mass is 16.5. The Morgan fingerprint density at radius 2 is 1.68 bits per heavy atom. The van der Waals surface area contributed by atoms with E-state index in [-0.39, 0.29) is 6.61 Å². The summed E-state index contributed by atoms with van der Waals surface area (Å²) in [4.78, 5) is 4.74. The second-order valence-corrected chi connectivity index (χ2v) is 8.28. The van der Waals surface area contributed by atoms with Crippen LogP contribution in [0.5, 0.6) is 11.5 Å². The number of nitrogens with zero attached hydrogens (tertiary/aromatic N) is 2. The van der Waals surface area contributed by atoms with Gasteiger partial charge in [0.05, 0.1) is 7.11 Å². The summed E-state index contributed by atoms with van der Waals surface area (Å²) < 4.78 is 11.4. The van der Waals surface area contributed by atoms with Gasteiger partial charge in [-0.2, -0.15) is 0 Å². The van der Waals surface area contributed by atoms with Gasteiger partial charge in [-0.15, -0.1) is 0 Å². The molecule has 6 heteroatoms. The zero-order valence-corrected chi connectivity index (χ0v) is 19.1. The van der Waals surface area contributed by atoms with Crippen LogP contribution in [-0.4, -0.2) is 74.0 Å². The van der Waals surface area contributed by atoms with Gasteiger partial charge < -0.3 is 24.8 Å². The maximum atomic E-state index is 10.4. The molecule has 170 valence electrons. The van der Waals surface area contributed by atoms with Crippen LogP contribution in [0.4, 0.5) is 0 Å². The van der Waals surface area contributed by atoms with Gasteiger partial charge in [0, 0.05) is 45.8 Å². The summed E-state index contributed by atoms with van der Waals surface area (Å²) in [5.74, 6) is 1.36. The van der Waals surface area contributed by atoms with E-state index in [1.807, 2.05) is 18.2 Å². The number of β-amino-alcohol motifs (C(OH)–C–C–N with tert-alkyl or cyclic N) is 1. The summed E-state index contributed by atoms with van der Waals surface area (Å²) >= 11 is 0. The number of ether oxygens (including phenoxy) is 2. The third-order valence-corrected chi connectivity index (χ3v) is 5.78. The van der Waals surface area contributed by atoms with Gasteiger partial charge in [-0.25, -0.2) is 0 Å². The van der Waals surface area contributed by atoms with Gasteiger partial charge in [-0.1, -0.05) is 42.8 Å². The van der Waals surface area contributed by atoms with Crippen molar-refractivity contribution in [2.24, 2.45) is 0 Å².